The van der Waals surface area contributed by atoms with Gasteiger partial charge in [-0.25, -0.2) is 4.98 Å². The van der Waals surface area contributed by atoms with Gasteiger partial charge in [-0.05, 0) is 12.1 Å². The molecule has 2 rings (SSSR count). The van der Waals surface area contributed by atoms with Gasteiger partial charge in [0.2, 0.25) is 0 Å². The number of nitrogens with zero attached hydrogens (tertiary/aromatic N) is 1. The van der Waals surface area contributed by atoms with Gasteiger partial charge in [-0.1, -0.05) is 12.1 Å². The predicted molar refractivity (Wildman–Crippen MR) is 59.0 cm³/mol. The number of ether oxygens (including phenoxy) is 1. The van der Waals surface area contributed by atoms with Gasteiger partial charge in [0, 0.05) is 10.9 Å². The van der Waals surface area contributed by atoms with Crippen molar-refractivity contribution in [3.63, 3.8) is 0 Å². The van der Waals surface area contributed by atoms with Crippen LogP contribution >= 0.6 is 11.3 Å². The Bertz CT molecular complexity index is 414. The topological polar surface area (TPSA) is 42.4 Å². The molecule has 77 valence electrons. The number of hydrogen-bond acceptors (Lipinski definition) is 4. The molecule has 0 aliphatic heterocycles. The lowest BCUT2D eigenvalue weighted by molar-refractivity contribution is 0.202. The van der Waals surface area contributed by atoms with E-state index in [0.29, 0.717) is 6.61 Å². The molecule has 4 heteroatoms. The molecule has 0 fully saturated rings. The van der Waals surface area contributed by atoms with Crippen LogP contribution in [0.25, 0.3) is 11.3 Å². The molecule has 0 spiro atoms. The Morgan fingerprint density at radius 3 is 3.00 bits per heavy atom. The van der Waals surface area contributed by atoms with Crippen molar-refractivity contribution in [2.24, 2.45) is 0 Å². The van der Waals surface area contributed by atoms with Gasteiger partial charge < -0.3 is 9.84 Å². The van der Waals surface area contributed by atoms with E-state index in [0.717, 1.165) is 17.0 Å². The first-order chi connectivity index (χ1) is 7.42. The molecule has 0 unspecified atom stereocenters. The molecule has 0 saturated heterocycles. The van der Waals surface area contributed by atoms with Crippen LogP contribution in [0.3, 0.4) is 0 Å². The average Bonchev–Trinajstić information content (AvgIpc) is 2.80. The van der Waals surface area contributed by atoms with Crippen molar-refractivity contribution < 1.29 is 9.84 Å². The van der Waals surface area contributed by atoms with Crippen LogP contribution in [0.5, 0.6) is 5.75 Å². The molecule has 0 saturated carbocycles. The molecule has 0 aliphatic carbocycles. The van der Waals surface area contributed by atoms with Gasteiger partial charge in [-0.15, -0.1) is 11.3 Å². The van der Waals surface area contributed by atoms with Crippen molar-refractivity contribution in [1.29, 1.82) is 0 Å². The van der Waals surface area contributed by atoms with E-state index in [4.69, 9.17) is 9.84 Å². The van der Waals surface area contributed by atoms with Crippen LogP contribution in [0.2, 0.25) is 0 Å². The van der Waals surface area contributed by atoms with Gasteiger partial charge in [-0.3, -0.25) is 0 Å². The minimum atomic E-state index is 0.0114. The molecular weight excluding hydrogens is 210 g/mol. The molecular formula is C11H10NO2S. The SMILES string of the molecule is OCCOc1ccccc1-c1cs[c]n1. The van der Waals surface area contributed by atoms with Gasteiger partial charge in [0.15, 0.2) is 5.51 Å². The molecule has 1 aromatic heterocycles. The largest absolute Gasteiger partial charge is 0.490 e. The van der Waals surface area contributed by atoms with Crippen molar-refractivity contribution in [1.82, 2.24) is 4.98 Å². The third-order valence-electron chi connectivity index (χ3n) is 1.90. The lowest BCUT2D eigenvalue weighted by Gasteiger charge is -2.08. The summed E-state index contributed by atoms with van der Waals surface area (Å²) in [5, 5.41) is 10.6. The molecule has 0 atom stereocenters. The molecule has 2 aromatic rings. The van der Waals surface area contributed by atoms with Crippen LogP contribution in [0.1, 0.15) is 0 Å². The first-order valence-corrected chi connectivity index (χ1v) is 5.44. The number of rotatable bonds is 4. The Labute approximate surface area is 92.0 Å². The summed E-state index contributed by atoms with van der Waals surface area (Å²) in [5.41, 5.74) is 4.59. The first kappa shape index (κ1) is 10.1. The smallest absolute Gasteiger partial charge is 0.152 e. The number of aliphatic hydroxyl groups is 1. The van der Waals surface area contributed by atoms with Crippen molar-refractivity contribution in [3.05, 3.63) is 35.2 Å². The van der Waals surface area contributed by atoms with Crippen LogP contribution in [0.15, 0.2) is 29.6 Å². The Balaban J connectivity index is 2.30. The monoisotopic (exact) mass is 220 g/mol. The molecule has 3 nitrogen and oxygen atoms in total. The van der Waals surface area contributed by atoms with Gasteiger partial charge in [0.05, 0.1) is 12.3 Å². The fraction of sp³-hybridized carbons (Fsp3) is 0.182. The number of hydrogen-bond donors (Lipinski definition) is 1. The molecule has 0 aliphatic rings. The van der Waals surface area contributed by atoms with Gasteiger partial charge >= 0.3 is 0 Å². The van der Waals surface area contributed by atoms with Crippen molar-refractivity contribution in [3.8, 4) is 17.0 Å². The van der Waals surface area contributed by atoms with E-state index in [1.807, 2.05) is 29.6 Å². The molecule has 1 heterocycles. The Hall–Kier alpha value is -1.39. The van der Waals surface area contributed by atoms with Gasteiger partial charge in [0.1, 0.15) is 12.4 Å². The highest BCUT2D eigenvalue weighted by molar-refractivity contribution is 7.07. The normalized spacial score (nSPS) is 10.2. The maximum atomic E-state index is 8.70. The summed E-state index contributed by atoms with van der Waals surface area (Å²) in [6.07, 6.45) is 0. The summed E-state index contributed by atoms with van der Waals surface area (Å²) < 4.78 is 5.41. The second-order valence-corrected chi connectivity index (χ2v) is 3.55. The van der Waals surface area contributed by atoms with Crippen molar-refractivity contribution in [2.45, 2.75) is 0 Å². The Morgan fingerprint density at radius 2 is 2.27 bits per heavy atom. The highest BCUT2D eigenvalue weighted by Gasteiger charge is 2.06. The minimum Gasteiger partial charge on any atom is -0.490 e. The fourth-order valence-electron chi connectivity index (χ4n) is 1.27. The average molecular weight is 220 g/mol. The minimum absolute atomic E-state index is 0.0114. The molecule has 15 heavy (non-hydrogen) atoms. The maximum absolute atomic E-state index is 8.70. The summed E-state index contributed by atoms with van der Waals surface area (Å²) in [6.45, 7) is 0.308. The summed E-state index contributed by atoms with van der Waals surface area (Å²) in [5.74, 6) is 0.742. The van der Waals surface area contributed by atoms with Crippen molar-refractivity contribution in [2.75, 3.05) is 13.2 Å². The Morgan fingerprint density at radius 1 is 1.40 bits per heavy atom. The first-order valence-electron chi connectivity index (χ1n) is 4.56. The number of benzene rings is 1. The summed E-state index contributed by atoms with van der Waals surface area (Å²) in [6, 6.07) is 7.63. The number of aromatic nitrogens is 1. The van der Waals surface area contributed by atoms with Gasteiger partial charge in [-0.2, -0.15) is 0 Å². The van der Waals surface area contributed by atoms with E-state index in [2.05, 4.69) is 10.5 Å². The lowest BCUT2D eigenvalue weighted by Crippen LogP contribution is -2.02. The van der Waals surface area contributed by atoms with Crippen LogP contribution in [-0.2, 0) is 0 Å². The van der Waals surface area contributed by atoms with Gasteiger partial charge in [0.25, 0.3) is 0 Å². The van der Waals surface area contributed by atoms with Crippen LogP contribution in [0.4, 0.5) is 0 Å². The highest BCUT2D eigenvalue weighted by Crippen LogP contribution is 2.28. The number of aliphatic hydroxyl groups excluding tert-OH is 1. The van der Waals surface area contributed by atoms with Crippen molar-refractivity contribution >= 4 is 11.3 Å². The lowest BCUT2D eigenvalue weighted by atomic mass is 10.1. The number of thiazole rings is 1. The zero-order chi connectivity index (χ0) is 10.5. The second kappa shape index (κ2) is 4.91. The second-order valence-electron chi connectivity index (χ2n) is 2.89. The Kier molecular flexibility index (Phi) is 3.32. The highest BCUT2D eigenvalue weighted by atomic mass is 32.1. The molecule has 0 amide bonds. The number of para-hydroxylation sites is 1. The summed E-state index contributed by atoms with van der Waals surface area (Å²) >= 11 is 1.43. The molecule has 1 N–H and O–H groups in total. The van der Waals surface area contributed by atoms with E-state index in [-0.39, 0.29) is 6.61 Å². The fourth-order valence-corrected chi connectivity index (χ4v) is 1.76. The quantitative estimate of drug-likeness (QED) is 0.856. The van der Waals surface area contributed by atoms with Crippen LogP contribution in [0, 0.1) is 5.51 Å². The molecule has 1 radical (unpaired) electrons. The molecule has 0 bridgehead atoms. The zero-order valence-corrected chi connectivity index (χ0v) is 8.83. The van der Waals surface area contributed by atoms with E-state index in [1.165, 1.54) is 11.3 Å². The summed E-state index contributed by atoms with van der Waals surface area (Å²) in [7, 11) is 0. The van der Waals surface area contributed by atoms with E-state index in [1.54, 1.807) is 0 Å². The maximum Gasteiger partial charge on any atom is 0.152 e. The van der Waals surface area contributed by atoms with E-state index >= 15 is 0 Å². The zero-order valence-electron chi connectivity index (χ0n) is 8.01. The summed E-state index contributed by atoms with van der Waals surface area (Å²) in [4.78, 5) is 4.11. The van der Waals surface area contributed by atoms with Crippen LogP contribution < -0.4 is 4.74 Å². The molecule has 1 aromatic carbocycles. The predicted octanol–water partition coefficient (Wildman–Crippen LogP) is 1.98. The third kappa shape index (κ3) is 2.34. The van der Waals surface area contributed by atoms with E-state index < -0.39 is 0 Å². The third-order valence-corrected chi connectivity index (χ3v) is 2.44. The van der Waals surface area contributed by atoms with E-state index in [9.17, 15) is 0 Å². The standard InChI is InChI=1S/C11H10NO2S/c13-5-6-14-11-4-2-1-3-9(11)10-7-15-8-12-10/h1-4,7,13H,5-6H2. The van der Waals surface area contributed by atoms with Crippen LogP contribution in [-0.4, -0.2) is 23.3 Å².